The van der Waals surface area contributed by atoms with E-state index in [4.69, 9.17) is 15.6 Å². The highest BCUT2D eigenvalue weighted by Crippen LogP contribution is 2.32. The smallest absolute Gasteiger partial charge is 0.161 e. The number of hydrogen-bond donors (Lipinski definition) is 3. The number of halogens is 2. The van der Waals surface area contributed by atoms with Crippen molar-refractivity contribution >= 4 is 28.3 Å². The zero-order valence-electron chi connectivity index (χ0n) is 8.81. The van der Waals surface area contributed by atoms with Crippen LogP contribution in [0.2, 0.25) is 0 Å². The minimum absolute atomic E-state index is 0. The Morgan fingerprint density at radius 1 is 1.50 bits per heavy atom. The topological polar surface area (TPSA) is 75.7 Å². The lowest BCUT2D eigenvalue weighted by atomic mass is 10.1. The van der Waals surface area contributed by atoms with Crippen molar-refractivity contribution in [1.82, 2.24) is 0 Å². The molecule has 0 amide bonds. The van der Waals surface area contributed by atoms with E-state index >= 15 is 0 Å². The van der Waals surface area contributed by atoms with E-state index in [1.807, 2.05) is 0 Å². The van der Waals surface area contributed by atoms with Crippen LogP contribution in [0.15, 0.2) is 16.6 Å². The van der Waals surface area contributed by atoms with Gasteiger partial charge in [-0.05, 0) is 24.1 Å². The van der Waals surface area contributed by atoms with Gasteiger partial charge in [0.1, 0.15) is 0 Å². The number of ether oxygens (including phenoxy) is 1. The Bertz CT molecular complexity index is 349. The summed E-state index contributed by atoms with van der Waals surface area (Å²) < 4.78 is 5.76. The minimum Gasteiger partial charge on any atom is -0.504 e. The molecule has 0 heterocycles. The number of phenolic OH excluding ortho intramolecular Hbond substituents is 1. The van der Waals surface area contributed by atoms with Crippen LogP contribution in [0, 0.1) is 0 Å². The minimum atomic E-state index is -0.325. The van der Waals surface area contributed by atoms with Crippen LogP contribution in [0.3, 0.4) is 0 Å². The summed E-state index contributed by atoms with van der Waals surface area (Å²) in [5, 5.41) is 18.4. The van der Waals surface area contributed by atoms with Gasteiger partial charge in [-0.3, -0.25) is 0 Å². The summed E-state index contributed by atoms with van der Waals surface area (Å²) in [6.07, 6.45) is 0.495. The molecule has 0 saturated heterocycles. The summed E-state index contributed by atoms with van der Waals surface area (Å²) in [4.78, 5) is 0. The molecule has 0 saturated carbocycles. The second-order valence-electron chi connectivity index (χ2n) is 3.26. The normalized spacial score (nSPS) is 11.8. The van der Waals surface area contributed by atoms with Crippen molar-refractivity contribution in [3.63, 3.8) is 0 Å². The van der Waals surface area contributed by atoms with Crippen molar-refractivity contribution in [3.8, 4) is 11.5 Å². The second-order valence-corrected chi connectivity index (χ2v) is 4.12. The van der Waals surface area contributed by atoms with Gasteiger partial charge in [0.15, 0.2) is 11.5 Å². The highest BCUT2D eigenvalue weighted by atomic mass is 79.9. The molecule has 16 heavy (non-hydrogen) atoms. The van der Waals surface area contributed by atoms with Gasteiger partial charge in [-0.1, -0.05) is 15.9 Å². The fourth-order valence-electron chi connectivity index (χ4n) is 1.25. The molecular weight excluding hydrogens is 297 g/mol. The Morgan fingerprint density at radius 2 is 2.12 bits per heavy atom. The quantitative estimate of drug-likeness (QED) is 0.786. The average molecular weight is 313 g/mol. The van der Waals surface area contributed by atoms with Gasteiger partial charge in [0.25, 0.3) is 0 Å². The number of benzene rings is 1. The molecule has 0 aromatic heterocycles. The Morgan fingerprint density at radius 3 is 2.62 bits per heavy atom. The van der Waals surface area contributed by atoms with Crippen LogP contribution >= 0.6 is 28.3 Å². The Labute approximate surface area is 109 Å². The number of phenols is 1. The predicted octanol–water partition coefficient (Wildman–Crippen LogP) is 1.45. The highest BCUT2D eigenvalue weighted by molar-refractivity contribution is 9.10. The number of rotatable bonds is 4. The van der Waals surface area contributed by atoms with Crippen LogP contribution in [0.1, 0.15) is 5.56 Å². The number of aliphatic hydroxyl groups is 1. The lowest BCUT2D eigenvalue weighted by Crippen LogP contribution is -2.26. The number of methoxy groups -OCH3 is 1. The van der Waals surface area contributed by atoms with Crippen molar-refractivity contribution in [2.75, 3.05) is 13.7 Å². The Hall–Kier alpha value is -0.490. The van der Waals surface area contributed by atoms with Crippen molar-refractivity contribution in [2.24, 2.45) is 5.73 Å². The molecule has 1 aromatic carbocycles. The van der Waals surface area contributed by atoms with E-state index in [0.717, 1.165) is 10.0 Å². The zero-order valence-corrected chi connectivity index (χ0v) is 11.2. The second kappa shape index (κ2) is 6.96. The van der Waals surface area contributed by atoms with Gasteiger partial charge >= 0.3 is 0 Å². The van der Waals surface area contributed by atoms with Gasteiger partial charge in [0.05, 0.1) is 13.7 Å². The first kappa shape index (κ1) is 15.5. The molecular formula is C10H15BrClNO3. The van der Waals surface area contributed by atoms with Crippen molar-refractivity contribution in [2.45, 2.75) is 12.5 Å². The Kier molecular flexibility index (Phi) is 6.74. The molecule has 1 rings (SSSR count). The molecule has 0 spiro atoms. The predicted molar refractivity (Wildman–Crippen MR) is 68.4 cm³/mol. The van der Waals surface area contributed by atoms with E-state index in [0.29, 0.717) is 12.2 Å². The van der Waals surface area contributed by atoms with E-state index in [9.17, 15) is 5.11 Å². The van der Waals surface area contributed by atoms with Crippen molar-refractivity contribution < 1.29 is 14.9 Å². The third-order valence-electron chi connectivity index (χ3n) is 2.06. The molecule has 1 unspecified atom stereocenters. The summed E-state index contributed by atoms with van der Waals surface area (Å²) in [5.41, 5.74) is 6.45. The van der Waals surface area contributed by atoms with Crippen LogP contribution in [-0.2, 0) is 6.42 Å². The van der Waals surface area contributed by atoms with E-state index in [1.165, 1.54) is 7.11 Å². The average Bonchev–Trinajstić information content (AvgIpc) is 2.22. The largest absolute Gasteiger partial charge is 0.504 e. The number of nitrogens with two attached hydrogens (primary N) is 1. The van der Waals surface area contributed by atoms with E-state index in [2.05, 4.69) is 15.9 Å². The zero-order chi connectivity index (χ0) is 11.4. The number of hydrogen-bond acceptors (Lipinski definition) is 4. The van der Waals surface area contributed by atoms with E-state index in [-0.39, 0.29) is 30.8 Å². The van der Waals surface area contributed by atoms with E-state index in [1.54, 1.807) is 12.1 Å². The first-order valence-electron chi connectivity index (χ1n) is 4.50. The SMILES string of the molecule is COc1cc(Br)c(CC(N)CO)cc1O.Cl. The molecule has 0 aliphatic rings. The van der Waals surface area contributed by atoms with Crippen molar-refractivity contribution in [3.05, 3.63) is 22.2 Å². The number of aliphatic hydroxyl groups excluding tert-OH is 1. The highest BCUT2D eigenvalue weighted by Gasteiger charge is 2.10. The summed E-state index contributed by atoms with van der Waals surface area (Å²) >= 11 is 3.35. The first-order valence-corrected chi connectivity index (χ1v) is 5.29. The molecule has 4 nitrogen and oxygen atoms in total. The van der Waals surface area contributed by atoms with Gasteiger partial charge in [0, 0.05) is 10.5 Å². The monoisotopic (exact) mass is 311 g/mol. The van der Waals surface area contributed by atoms with Crippen LogP contribution in [-0.4, -0.2) is 30.0 Å². The standard InChI is InChI=1S/C10H14BrNO3.ClH/c1-15-10-4-8(11)6(3-9(10)14)2-7(12)5-13;/h3-4,7,13-14H,2,5,12H2,1H3;1H. The van der Waals surface area contributed by atoms with Gasteiger partial charge < -0.3 is 20.7 Å². The molecule has 1 atom stereocenters. The van der Waals surface area contributed by atoms with Gasteiger partial charge in [-0.15, -0.1) is 12.4 Å². The van der Waals surface area contributed by atoms with Crippen LogP contribution in [0.25, 0.3) is 0 Å². The van der Waals surface area contributed by atoms with Gasteiger partial charge in [-0.2, -0.15) is 0 Å². The molecule has 4 N–H and O–H groups in total. The fraction of sp³-hybridized carbons (Fsp3) is 0.400. The maximum absolute atomic E-state index is 9.55. The van der Waals surface area contributed by atoms with Crippen LogP contribution in [0.4, 0.5) is 0 Å². The summed E-state index contributed by atoms with van der Waals surface area (Å²) in [6.45, 7) is -0.0841. The third-order valence-corrected chi connectivity index (χ3v) is 2.80. The molecule has 0 radical (unpaired) electrons. The summed E-state index contributed by atoms with van der Waals surface area (Å²) in [7, 11) is 1.49. The van der Waals surface area contributed by atoms with Gasteiger partial charge in [-0.25, -0.2) is 0 Å². The first-order chi connectivity index (χ1) is 7.08. The van der Waals surface area contributed by atoms with Crippen molar-refractivity contribution in [1.29, 1.82) is 0 Å². The van der Waals surface area contributed by atoms with E-state index < -0.39 is 0 Å². The number of aromatic hydroxyl groups is 1. The molecule has 92 valence electrons. The lowest BCUT2D eigenvalue weighted by Gasteiger charge is -2.12. The van der Waals surface area contributed by atoms with Gasteiger partial charge in [0.2, 0.25) is 0 Å². The summed E-state index contributed by atoms with van der Waals surface area (Å²) in [5.74, 6) is 0.476. The molecule has 0 fully saturated rings. The van der Waals surface area contributed by atoms with Crippen LogP contribution < -0.4 is 10.5 Å². The third kappa shape index (κ3) is 3.83. The van der Waals surface area contributed by atoms with Crippen LogP contribution in [0.5, 0.6) is 11.5 Å². The molecule has 0 bridgehead atoms. The molecule has 0 aliphatic carbocycles. The maximum Gasteiger partial charge on any atom is 0.161 e. The molecule has 0 aliphatic heterocycles. The molecule has 6 heteroatoms. The summed E-state index contributed by atoms with van der Waals surface area (Å²) in [6, 6.07) is 2.93. The lowest BCUT2D eigenvalue weighted by molar-refractivity contribution is 0.265. The molecule has 1 aromatic rings. The Balaban J connectivity index is 0.00000225. The fourth-order valence-corrected chi connectivity index (χ4v) is 1.74. The maximum atomic E-state index is 9.55.